The van der Waals surface area contributed by atoms with E-state index in [0.717, 1.165) is 92.9 Å². The lowest BCUT2D eigenvalue weighted by Crippen LogP contribution is -2.06. The molecule has 13 aromatic rings. The Labute approximate surface area is 369 Å². The number of hydrogen-bond donors (Lipinski definition) is 0. The molecule has 0 fully saturated rings. The van der Waals surface area contributed by atoms with Gasteiger partial charge in [0, 0.05) is 44.3 Å². The first-order valence-corrected chi connectivity index (χ1v) is 21.8. The Morgan fingerprint density at radius 2 is 1.03 bits per heavy atom. The van der Waals surface area contributed by atoms with Gasteiger partial charge in [0.25, 0.3) is 0 Å². The van der Waals surface area contributed by atoms with Gasteiger partial charge in [-0.1, -0.05) is 109 Å². The molecule has 0 aliphatic heterocycles. The molecule has 0 atom stereocenters. The third kappa shape index (κ3) is 5.99. The molecule has 0 saturated heterocycles. The van der Waals surface area contributed by atoms with Gasteiger partial charge in [0.15, 0.2) is 17.2 Å². The Kier molecular flexibility index (Phi) is 8.18. The molecule has 0 unspecified atom stereocenters. The lowest BCUT2D eigenvalue weighted by Gasteiger charge is -2.12. The van der Waals surface area contributed by atoms with E-state index in [0.29, 0.717) is 29.1 Å². The lowest BCUT2D eigenvalue weighted by atomic mass is 10.0. The van der Waals surface area contributed by atoms with E-state index in [1.807, 2.05) is 84.9 Å². The van der Waals surface area contributed by atoms with Crippen molar-refractivity contribution in [2.24, 2.45) is 0 Å². The maximum atomic E-state index is 6.39. The minimum absolute atomic E-state index is 0.488. The summed E-state index contributed by atoms with van der Waals surface area (Å²) in [4.78, 5) is 31.2. The molecule has 0 bridgehead atoms. The summed E-state index contributed by atoms with van der Waals surface area (Å²) in [7, 11) is 0. The number of nitrogens with zero attached hydrogens (tertiary/aromatic N) is 8. The van der Waals surface area contributed by atoms with Gasteiger partial charge >= 0.3 is 0 Å². The van der Waals surface area contributed by atoms with Crippen LogP contribution in [0.4, 0.5) is 0 Å². The highest BCUT2D eigenvalue weighted by molar-refractivity contribution is 7.21. The second-order valence-corrected chi connectivity index (χ2v) is 16.6. The Morgan fingerprint density at radius 3 is 1.80 bits per heavy atom. The number of imidazole rings is 1. The van der Waals surface area contributed by atoms with Gasteiger partial charge in [-0.3, -0.25) is 9.13 Å². The highest BCUT2D eigenvalue weighted by Crippen LogP contribution is 2.39. The molecule has 5 aromatic heterocycles. The zero-order valence-corrected chi connectivity index (χ0v) is 34.7. The van der Waals surface area contributed by atoms with Crippen LogP contribution in [0.1, 0.15) is 0 Å². The number of hydrogen-bond acceptors (Lipinski definition) is 8. The number of thiazole rings is 1. The fraction of sp³-hybridized carbons (Fsp3) is 0. The van der Waals surface area contributed by atoms with Crippen molar-refractivity contribution in [3.8, 4) is 67.8 Å². The van der Waals surface area contributed by atoms with E-state index in [1.54, 1.807) is 11.3 Å². The molecule has 10 heteroatoms. The molecule has 0 aliphatic rings. The fourth-order valence-electron chi connectivity index (χ4n) is 8.69. The minimum atomic E-state index is 0.488. The van der Waals surface area contributed by atoms with E-state index >= 15 is 0 Å². The Balaban J connectivity index is 1.06. The van der Waals surface area contributed by atoms with E-state index < -0.39 is 0 Å². The summed E-state index contributed by atoms with van der Waals surface area (Å²) >= 11 is 1.64. The summed E-state index contributed by atoms with van der Waals surface area (Å²) in [6.45, 7) is 0. The number of para-hydroxylation sites is 6. The summed E-state index contributed by atoms with van der Waals surface area (Å²) in [5.41, 5.74) is 11.5. The van der Waals surface area contributed by atoms with E-state index in [1.165, 1.54) is 0 Å². The van der Waals surface area contributed by atoms with Gasteiger partial charge in [0.2, 0.25) is 11.8 Å². The molecule has 0 aliphatic carbocycles. The van der Waals surface area contributed by atoms with Gasteiger partial charge in [-0.25, -0.2) is 19.9 Å². The Morgan fingerprint density at radius 1 is 0.391 bits per heavy atom. The van der Waals surface area contributed by atoms with Crippen molar-refractivity contribution in [1.29, 1.82) is 0 Å². The molecule has 8 aromatic carbocycles. The topological polar surface area (TPSA) is 100 Å². The van der Waals surface area contributed by atoms with Crippen molar-refractivity contribution in [2.75, 3.05) is 0 Å². The van der Waals surface area contributed by atoms with Gasteiger partial charge in [0.1, 0.15) is 16.3 Å². The first-order valence-electron chi connectivity index (χ1n) is 20.9. The van der Waals surface area contributed by atoms with Gasteiger partial charge in [-0.05, 0) is 84.9 Å². The van der Waals surface area contributed by atoms with E-state index in [9.17, 15) is 0 Å². The number of fused-ring (bicyclic) bond motifs is 6. The maximum Gasteiger partial charge on any atom is 0.238 e. The Hall–Kier alpha value is -8.60. The Bertz CT molecular complexity index is 3710. The van der Waals surface area contributed by atoms with Crippen molar-refractivity contribution in [3.05, 3.63) is 194 Å². The van der Waals surface area contributed by atoms with Crippen LogP contribution in [0.15, 0.2) is 199 Å². The number of benzene rings is 8. The second kappa shape index (κ2) is 14.5. The third-order valence-corrected chi connectivity index (χ3v) is 12.7. The smallest absolute Gasteiger partial charge is 0.238 e. The molecule has 300 valence electrons. The number of rotatable bonds is 7. The van der Waals surface area contributed by atoms with Crippen molar-refractivity contribution in [1.82, 2.24) is 39.0 Å². The van der Waals surface area contributed by atoms with E-state index in [2.05, 4.69) is 118 Å². The quantitative estimate of drug-likeness (QED) is 0.157. The number of oxazole rings is 1. The van der Waals surface area contributed by atoms with Crippen LogP contribution in [0, 0.1) is 0 Å². The highest BCUT2D eigenvalue weighted by Gasteiger charge is 2.22. The molecular formula is C54H32N8OS. The van der Waals surface area contributed by atoms with Crippen LogP contribution in [0.3, 0.4) is 0 Å². The van der Waals surface area contributed by atoms with Gasteiger partial charge in [-0.15, -0.1) is 11.3 Å². The van der Waals surface area contributed by atoms with Crippen molar-refractivity contribution >= 4 is 65.5 Å². The fourth-order valence-corrected chi connectivity index (χ4v) is 9.65. The van der Waals surface area contributed by atoms with E-state index in [-0.39, 0.29) is 0 Å². The van der Waals surface area contributed by atoms with Crippen LogP contribution in [0.25, 0.3) is 122 Å². The van der Waals surface area contributed by atoms with Crippen LogP contribution >= 0.6 is 11.3 Å². The standard InChI is InChI=1S/C54H32N8OS/c1-3-15-33(16-4-1)51-55-43-32-34(27-28-46(43)61(51)38-17-5-2-6-18-38)49-58-50(60-54(59-49)62-44-23-11-7-19-39(44)40-20-8-12-24-45(40)62)35-29-36(52-56-41-21-9-13-25-47(41)63-52)31-37(30-35)53-57-42-22-10-14-26-48(42)64-53/h1-32H. The first-order chi connectivity index (χ1) is 31.7. The van der Waals surface area contributed by atoms with Gasteiger partial charge in [0.05, 0.1) is 32.3 Å². The van der Waals surface area contributed by atoms with Crippen molar-refractivity contribution < 1.29 is 4.42 Å². The zero-order chi connectivity index (χ0) is 42.1. The molecule has 0 saturated carbocycles. The maximum absolute atomic E-state index is 6.39. The highest BCUT2D eigenvalue weighted by atomic mass is 32.1. The molecule has 0 amide bonds. The second-order valence-electron chi connectivity index (χ2n) is 15.6. The zero-order valence-electron chi connectivity index (χ0n) is 33.9. The summed E-state index contributed by atoms with van der Waals surface area (Å²) < 4.78 is 11.8. The monoisotopic (exact) mass is 840 g/mol. The molecule has 9 nitrogen and oxygen atoms in total. The third-order valence-electron chi connectivity index (χ3n) is 11.6. The molecule has 64 heavy (non-hydrogen) atoms. The van der Waals surface area contributed by atoms with Crippen LogP contribution < -0.4 is 0 Å². The van der Waals surface area contributed by atoms with Crippen molar-refractivity contribution in [2.45, 2.75) is 0 Å². The van der Waals surface area contributed by atoms with Crippen LogP contribution in [0.5, 0.6) is 0 Å². The van der Waals surface area contributed by atoms with E-state index in [4.69, 9.17) is 34.3 Å². The largest absolute Gasteiger partial charge is 0.436 e. The average molecular weight is 841 g/mol. The van der Waals surface area contributed by atoms with Gasteiger partial charge < -0.3 is 4.42 Å². The lowest BCUT2D eigenvalue weighted by molar-refractivity contribution is 0.620. The summed E-state index contributed by atoms with van der Waals surface area (Å²) in [6.07, 6.45) is 0. The van der Waals surface area contributed by atoms with Crippen LogP contribution in [0.2, 0.25) is 0 Å². The average Bonchev–Trinajstić information content (AvgIpc) is 4.16. The van der Waals surface area contributed by atoms with Crippen LogP contribution in [-0.4, -0.2) is 39.0 Å². The van der Waals surface area contributed by atoms with Crippen LogP contribution in [-0.2, 0) is 0 Å². The SMILES string of the molecule is c1ccc(-c2nc3cc(-c4nc(-c5cc(-c6nc7ccccc7o6)cc(-c6nc7ccccc7s6)c5)nc(-n5c6ccccc6c6ccccc65)n4)ccc3n2-c2ccccc2)cc1. The van der Waals surface area contributed by atoms with Gasteiger partial charge in [-0.2, -0.15) is 9.97 Å². The molecular weight excluding hydrogens is 809 g/mol. The first kappa shape index (κ1) is 36.1. The normalized spacial score (nSPS) is 11.8. The minimum Gasteiger partial charge on any atom is -0.436 e. The molecule has 5 heterocycles. The number of aromatic nitrogens is 8. The molecule has 0 N–H and O–H groups in total. The molecule has 13 rings (SSSR count). The molecule has 0 spiro atoms. The van der Waals surface area contributed by atoms with Crippen molar-refractivity contribution in [3.63, 3.8) is 0 Å². The summed E-state index contributed by atoms with van der Waals surface area (Å²) in [5, 5.41) is 3.09. The summed E-state index contributed by atoms with van der Waals surface area (Å²) in [5.74, 6) is 2.83. The predicted octanol–water partition coefficient (Wildman–Crippen LogP) is 13.4. The molecule has 0 radical (unpaired) electrons. The predicted molar refractivity (Wildman–Crippen MR) is 257 cm³/mol. The summed E-state index contributed by atoms with van der Waals surface area (Å²) in [6, 6.07) is 65.9.